The van der Waals surface area contributed by atoms with Crippen LogP contribution in [0, 0.1) is 6.92 Å². The molecule has 2 amide bonds. The van der Waals surface area contributed by atoms with Crippen LogP contribution in [0.15, 0.2) is 30.3 Å². The second-order valence-electron chi connectivity index (χ2n) is 7.09. The molecule has 7 heteroatoms. The molecule has 0 aliphatic carbocycles. The minimum absolute atomic E-state index is 0.0376. The van der Waals surface area contributed by atoms with Crippen molar-refractivity contribution in [2.45, 2.75) is 26.8 Å². The van der Waals surface area contributed by atoms with Crippen LogP contribution < -0.4 is 5.32 Å². The van der Waals surface area contributed by atoms with E-state index in [0.29, 0.717) is 37.6 Å². The van der Waals surface area contributed by atoms with Gasteiger partial charge in [-0.1, -0.05) is 30.3 Å². The summed E-state index contributed by atoms with van der Waals surface area (Å²) < 4.78 is 0. The summed E-state index contributed by atoms with van der Waals surface area (Å²) in [6.07, 6.45) is 0. The maximum Gasteiger partial charge on any atom is 0.265 e. The molecule has 1 aliphatic rings. The fourth-order valence-corrected chi connectivity index (χ4v) is 4.16. The van der Waals surface area contributed by atoms with Gasteiger partial charge in [0.2, 0.25) is 5.91 Å². The zero-order valence-electron chi connectivity index (χ0n) is 16.1. The van der Waals surface area contributed by atoms with Crippen molar-refractivity contribution in [3.63, 3.8) is 0 Å². The molecule has 144 valence electrons. The van der Waals surface area contributed by atoms with Crippen LogP contribution in [-0.4, -0.2) is 65.4 Å². The maximum atomic E-state index is 12.9. The van der Waals surface area contributed by atoms with Gasteiger partial charge in [0.1, 0.15) is 9.88 Å². The number of benzene rings is 1. The van der Waals surface area contributed by atoms with E-state index in [2.05, 4.69) is 15.2 Å². The number of rotatable bonds is 5. The Bertz CT molecular complexity index is 796. The molecule has 1 aliphatic heterocycles. The van der Waals surface area contributed by atoms with Gasteiger partial charge < -0.3 is 10.2 Å². The Morgan fingerprint density at radius 2 is 1.81 bits per heavy atom. The van der Waals surface area contributed by atoms with E-state index in [1.165, 1.54) is 11.3 Å². The number of amides is 2. The lowest BCUT2D eigenvalue weighted by Gasteiger charge is -2.34. The zero-order valence-corrected chi connectivity index (χ0v) is 16.9. The molecular formula is C20H26N4O2S. The van der Waals surface area contributed by atoms with E-state index in [0.717, 1.165) is 16.3 Å². The molecule has 0 unspecified atom stereocenters. The molecule has 0 atom stereocenters. The number of aromatic nitrogens is 1. The molecule has 27 heavy (non-hydrogen) atoms. The van der Waals surface area contributed by atoms with E-state index in [4.69, 9.17) is 0 Å². The van der Waals surface area contributed by atoms with Crippen LogP contribution in [0.4, 0.5) is 0 Å². The van der Waals surface area contributed by atoms with E-state index in [9.17, 15) is 9.59 Å². The molecule has 1 saturated heterocycles. The third-order valence-electron chi connectivity index (χ3n) is 4.49. The van der Waals surface area contributed by atoms with Crippen molar-refractivity contribution < 1.29 is 9.59 Å². The van der Waals surface area contributed by atoms with Crippen molar-refractivity contribution in [2.24, 2.45) is 0 Å². The molecule has 1 aromatic carbocycles. The molecule has 0 radical (unpaired) electrons. The predicted molar refractivity (Wildman–Crippen MR) is 108 cm³/mol. The number of nitrogens with zero attached hydrogens (tertiary/aromatic N) is 3. The van der Waals surface area contributed by atoms with Crippen LogP contribution in [0.1, 0.15) is 29.2 Å². The highest BCUT2D eigenvalue weighted by Gasteiger charge is 2.26. The van der Waals surface area contributed by atoms with Crippen molar-refractivity contribution in [2.75, 3.05) is 32.7 Å². The molecule has 2 heterocycles. The fourth-order valence-electron chi connectivity index (χ4n) is 3.12. The predicted octanol–water partition coefficient (Wildman–Crippen LogP) is 2.40. The second kappa shape index (κ2) is 8.63. The molecule has 1 fully saturated rings. The third-order valence-corrected chi connectivity index (χ3v) is 5.68. The Labute approximate surface area is 164 Å². The van der Waals surface area contributed by atoms with Crippen LogP contribution in [0.5, 0.6) is 0 Å². The standard InChI is InChI=1S/C20H26N4O2S/c1-14(2)21-17(25)13-23-9-11-24(12-10-23)20(26)18-15(3)22-19(27-18)16-7-5-4-6-8-16/h4-8,14H,9-13H2,1-3H3,(H,21,25). The number of carbonyl (C=O) groups excluding carboxylic acids is 2. The number of hydrogen-bond donors (Lipinski definition) is 1. The average molecular weight is 387 g/mol. The van der Waals surface area contributed by atoms with Gasteiger partial charge in [-0.3, -0.25) is 14.5 Å². The number of carbonyl (C=O) groups is 2. The van der Waals surface area contributed by atoms with Crippen molar-refractivity contribution in [3.05, 3.63) is 40.9 Å². The first-order chi connectivity index (χ1) is 12.9. The molecular weight excluding hydrogens is 360 g/mol. The Morgan fingerprint density at radius 3 is 2.44 bits per heavy atom. The summed E-state index contributed by atoms with van der Waals surface area (Å²) in [6.45, 7) is 8.87. The summed E-state index contributed by atoms with van der Waals surface area (Å²) in [6, 6.07) is 10.1. The number of hydrogen-bond acceptors (Lipinski definition) is 5. The maximum absolute atomic E-state index is 12.9. The summed E-state index contributed by atoms with van der Waals surface area (Å²) in [5, 5.41) is 3.78. The molecule has 0 spiro atoms. The largest absolute Gasteiger partial charge is 0.353 e. The van der Waals surface area contributed by atoms with Crippen molar-refractivity contribution >= 4 is 23.2 Å². The first-order valence-corrected chi connectivity index (χ1v) is 10.1. The Hall–Kier alpha value is -2.25. The van der Waals surface area contributed by atoms with E-state index in [1.54, 1.807) is 0 Å². The molecule has 0 saturated carbocycles. The Balaban J connectivity index is 1.60. The quantitative estimate of drug-likeness (QED) is 0.857. The van der Waals surface area contributed by atoms with Gasteiger partial charge in [0, 0.05) is 37.8 Å². The number of thiazole rings is 1. The normalized spacial score (nSPS) is 15.2. The fraction of sp³-hybridized carbons (Fsp3) is 0.450. The molecule has 3 rings (SSSR count). The summed E-state index contributed by atoms with van der Waals surface area (Å²) in [5.74, 6) is 0.0778. The van der Waals surface area contributed by atoms with Gasteiger partial charge in [0.15, 0.2) is 0 Å². The smallest absolute Gasteiger partial charge is 0.265 e. The molecule has 1 N–H and O–H groups in total. The van der Waals surface area contributed by atoms with Crippen LogP contribution in [0.3, 0.4) is 0 Å². The van der Waals surface area contributed by atoms with Crippen molar-refractivity contribution in [1.82, 2.24) is 20.1 Å². The van der Waals surface area contributed by atoms with E-state index in [-0.39, 0.29) is 17.9 Å². The number of nitrogens with one attached hydrogen (secondary N) is 1. The number of aryl methyl sites for hydroxylation is 1. The molecule has 0 bridgehead atoms. The minimum atomic E-state index is 0.0376. The van der Waals surface area contributed by atoms with E-state index < -0.39 is 0 Å². The zero-order chi connectivity index (χ0) is 19.4. The Kier molecular flexibility index (Phi) is 6.23. The minimum Gasteiger partial charge on any atom is -0.353 e. The molecule has 1 aromatic heterocycles. The highest BCUT2D eigenvalue weighted by Crippen LogP contribution is 2.28. The molecule has 2 aromatic rings. The topological polar surface area (TPSA) is 65.5 Å². The van der Waals surface area contributed by atoms with Crippen molar-refractivity contribution in [3.8, 4) is 10.6 Å². The Morgan fingerprint density at radius 1 is 1.15 bits per heavy atom. The first kappa shape index (κ1) is 19.5. The van der Waals surface area contributed by atoms with Gasteiger partial charge >= 0.3 is 0 Å². The highest BCUT2D eigenvalue weighted by atomic mass is 32.1. The highest BCUT2D eigenvalue weighted by molar-refractivity contribution is 7.17. The van der Waals surface area contributed by atoms with Gasteiger partial charge in [-0.25, -0.2) is 4.98 Å². The van der Waals surface area contributed by atoms with Crippen LogP contribution >= 0.6 is 11.3 Å². The summed E-state index contributed by atoms with van der Waals surface area (Å²) in [5.41, 5.74) is 1.81. The van der Waals surface area contributed by atoms with Gasteiger partial charge in [-0.2, -0.15) is 0 Å². The lowest BCUT2D eigenvalue weighted by molar-refractivity contribution is -0.123. The average Bonchev–Trinajstić information content (AvgIpc) is 3.03. The summed E-state index contributed by atoms with van der Waals surface area (Å²) in [7, 11) is 0. The van der Waals surface area contributed by atoms with Crippen LogP contribution in [0.2, 0.25) is 0 Å². The SMILES string of the molecule is Cc1nc(-c2ccccc2)sc1C(=O)N1CCN(CC(=O)NC(C)C)CC1. The molecule has 6 nitrogen and oxygen atoms in total. The van der Waals surface area contributed by atoms with Gasteiger partial charge in [-0.15, -0.1) is 11.3 Å². The monoisotopic (exact) mass is 386 g/mol. The van der Waals surface area contributed by atoms with Crippen LogP contribution in [-0.2, 0) is 4.79 Å². The lowest BCUT2D eigenvalue weighted by Crippen LogP contribution is -2.51. The summed E-state index contributed by atoms with van der Waals surface area (Å²) >= 11 is 1.45. The number of piperazine rings is 1. The van der Waals surface area contributed by atoms with Gasteiger partial charge in [0.05, 0.1) is 12.2 Å². The van der Waals surface area contributed by atoms with E-state index in [1.807, 2.05) is 56.0 Å². The summed E-state index contributed by atoms with van der Waals surface area (Å²) in [4.78, 5) is 34.1. The lowest BCUT2D eigenvalue weighted by atomic mass is 10.2. The second-order valence-corrected chi connectivity index (χ2v) is 8.09. The third kappa shape index (κ3) is 4.93. The van der Waals surface area contributed by atoms with Gasteiger partial charge in [0.25, 0.3) is 5.91 Å². The van der Waals surface area contributed by atoms with E-state index >= 15 is 0 Å². The van der Waals surface area contributed by atoms with Crippen LogP contribution in [0.25, 0.3) is 10.6 Å². The first-order valence-electron chi connectivity index (χ1n) is 9.28. The van der Waals surface area contributed by atoms with Gasteiger partial charge in [-0.05, 0) is 20.8 Å². The van der Waals surface area contributed by atoms with Crippen molar-refractivity contribution in [1.29, 1.82) is 0 Å².